The fourth-order valence-corrected chi connectivity index (χ4v) is 5.16. The third-order valence-electron chi connectivity index (χ3n) is 4.65. The van der Waals surface area contributed by atoms with Crippen molar-refractivity contribution in [2.45, 2.75) is 18.9 Å². The van der Waals surface area contributed by atoms with Crippen molar-refractivity contribution in [3.05, 3.63) is 16.6 Å². The molecule has 5 rings (SSSR count). The molecule has 0 spiro atoms. The Morgan fingerprint density at radius 2 is 1.84 bits per heavy atom. The second kappa shape index (κ2) is 6.41. The fourth-order valence-electron chi connectivity index (χ4n) is 3.48. The average Bonchev–Trinajstić information content (AvgIpc) is 3.41. The van der Waals surface area contributed by atoms with Gasteiger partial charge in [0.05, 0.1) is 6.04 Å². The van der Waals surface area contributed by atoms with Crippen molar-refractivity contribution in [2.75, 3.05) is 40.9 Å². The van der Waals surface area contributed by atoms with Gasteiger partial charge in [0.1, 0.15) is 5.01 Å². The summed E-state index contributed by atoms with van der Waals surface area (Å²) in [6.45, 7) is 2.89. The molecule has 0 radical (unpaired) electrons. The molecule has 2 saturated heterocycles. The fraction of sp³-hybridized carbons (Fsp3) is 0.533. The smallest absolute Gasteiger partial charge is 0.245 e. The zero-order chi connectivity index (χ0) is 16.6. The van der Waals surface area contributed by atoms with Crippen LogP contribution in [-0.2, 0) is 0 Å². The number of hydrogen-bond acceptors (Lipinski definition) is 10. The quantitative estimate of drug-likeness (QED) is 0.685. The largest absolute Gasteiger partial charge is 0.352 e. The monoisotopic (exact) mass is 375 g/mol. The van der Waals surface area contributed by atoms with E-state index in [1.807, 2.05) is 23.3 Å². The Hall–Kier alpha value is -1.94. The van der Waals surface area contributed by atoms with Gasteiger partial charge in [-0.25, -0.2) is 19.6 Å². The summed E-state index contributed by atoms with van der Waals surface area (Å²) >= 11 is 3.68. The molecule has 2 aliphatic heterocycles. The van der Waals surface area contributed by atoms with Gasteiger partial charge in [-0.1, -0.05) is 0 Å². The topological polar surface area (TPSA) is 84.1 Å². The molecule has 3 aromatic heterocycles. The zero-order valence-electron chi connectivity index (χ0n) is 13.5. The zero-order valence-corrected chi connectivity index (χ0v) is 15.2. The molecule has 0 unspecified atom stereocenters. The SMILES string of the molecule is c1csc([C@@H]2CCCN2c2nc3nonc3nc2N2CCSCC2)n1. The van der Waals surface area contributed by atoms with Crippen molar-refractivity contribution in [2.24, 2.45) is 0 Å². The second-order valence-electron chi connectivity index (χ2n) is 6.10. The maximum Gasteiger partial charge on any atom is 0.245 e. The molecule has 0 saturated carbocycles. The van der Waals surface area contributed by atoms with Gasteiger partial charge in [-0.3, -0.25) is 0 Å². The Morgan fingerprint density at radius 1 is 1.04 bits per heavy atom. The summed E-state index contributed by atoms with van der Waals surface area (Å²) in [5, 5.41) is 11.0. The van der Waals surface area contributed by atoms with Crippen molar-refractivity contribution < 1.29 is 4.63 Å². The van der Waals surface area contributed by atoms with E-state index in [4.69, 9.17) is 14.6 Å². The number of thioether (sulfide) groups is 1. The molecule has 0 aromatic carbocycles. The van der Waals surface area contributed by atoms with E-state index in [1.165, 1.54) is 0 Å². The van der Waals surface area contributed by atoms with Crippen molar-refractivity contribution >= 4 is 46.0 Å². The summed E-state index contributed by atoms with van der Waals surface area (Å²) in [5.74, 6) is 3.98. The molecule has 0 amide bonds. The molecule has 130 valence electrons. The van der Waals surface area contributed by atoms with Crippen LogP contribution in [0.1, 0.15) is 23.9 Å². The van der Waals surface area contributed by atoms with E-state index in [0.717, 1.165) is 60.6 Å². The highest BCUT2D eigenvalue weighted by Gasteiger charge is 2.33. The van der Waals surface area contributed by atoms with Crippen LogP contribution >= 0.6 is 23.1 Å². The van der Waals surface area contributed by atoms with Gasteiger partial charge in [-0.2, -0.15) is 11.8 Å². The molecule has 2 fully saturated rings. The Bertz CT molecular complexity index is 862. The van der Waals surface area contributed by atoms with Gasteiger partial charge in [0.25, 0.3) is 0 Å². The maximum atomic E-state index is 4.85. The van der Waals surface area contributed by atoms with E-state index in [2.05, 4.69) is 25.1 Å². The van der Waals surface area contributed by atoms with Crippen molar-refractivity contribution in [1.29, 1.82) is 0 Å². The molecule has 2 aliphatic rings. The van der Waals surface area contributed by atoms with Crippen molar-refractivity contribution in [1.82, 2.24) is 25.3 Å². The normalized spacial score (nSPS) is 21.4. The van der Waals surface area contributed by atoms with E-state index in [9.17, 15) is 0 Å². The summed E-state index contributed by atoms with van der Waals surface area (Å²) in [5.41, 5.74) is 0.942. The van der Waals surface area contributed by atoms with Crippen LogP contribution in [0.3, 0.4) is 0 Å². The van der Waals surface area contributed by atoms with Gasteiger partial charge in [0.2, 0.25) is 11.3 Å². The lowest BCUT2D eigenvalue weighted by molar-refractivity contribution is 0.314. The van der Waals surface area contributed by atoms with Gasteiger partial charge >= 0.3 is 0 Å². The Kier molecular flexibility index (Phi) is 3.93. The maximum absolute atomic E-state index is 4.85. The first-order valence-electron chi connectivity index (χ1n) is 8.39. The van der Waals surface area contributed by atoms with Crippen LogP contribution in [0.2, 0.25) is 0 Å². The van der Waals surface area contributed by atoms with Crippen LogP contribution < -0.4 is 9.80 Å². The first kappa shape index (κ1) is 15.3. The molecule has 25 heavy (non-hydrogen) atoms. The summed E-state index contributed by atoms with van der Waals surface area (Å²) in [6, 6.07) is 0.254. The lowest BCUT2D eigenvalue weighted by Gasteiger charge is -2.32. The molecular formula is C15H17N7OS2. The highest BCUT2D eigenvalue weighted by atomic mass is 32.2. The number of thiazole rings is 1. The van der Waals surface area contributed by atoms with E-state index in [-0.39, 0.29) is 6.04 Å². The summed E-state index contributed by atoms with van der Waals surface area (Å²) in [7, 11) is 0. The number of rotatable bonds is 3. The van der Waals surface area contributed by atoms with Crippen molar-refractivity contribution in [3.8, 4) is 0 Å². The van der Waals surface area contributed by atoms with Crippen LogP contribution in [0.25, 0.3) is 11.3 Å². The molecule has 10 heteroatoms. The number of hydrogen-bond donors (Lipinski definition) is 0. The first-order valence-corrected chi connectivity index (χ1v) is 10.4. The Balaban J connectivity index is 1.60. The average molecular weight is 375 g/mol. The standard InChI is InChI=1S/C15H17N7OS2/c1-2-10(15-16-3-7-25-15)22(4-1)14-13(21-5-8-24-9-6-21)17-11-12(18-14)20-23-19-11/h3,7,10H,1-2,4-6,8-9H2/t10-/m0/s1. The molecule has 8 nitrogen and oxygen atoms in total. The number of anilines is 2. The van der Waals surface area contributed by atoms with E-state index in [1.54, 1.807) is 11.3 Å². The lowest BCUT2D eigenvalue weighted by atomic mass is 10.2. The van der Waals surface area contributed by atoms with Gasteiger partial charge in [-0.05, 0) is 23.2 Å². The summed E-state index contributed by atoms with van der Waals surface area (Å²) < 4.78 is 4.85. The van der Waals surface area contributed by atoms with E-state index in [0.29, 0.717) is 11.3 Å². The number of fused-ring (bicyclic) bond motifs is 1. The predicted molar refractivity (Wildman–Crippen MR) is 98.4 cm³/mol. The molecule has 0 aliphatic carbocycles. The highest BCUT2D eigenvalue weighted by molar-refractivity contribution is 7.99. The molecule has 0 N–H and O–H groups in total. The minimum atomic E-state index is 0.254. The Morgan fingerprint density at radius 3 is 2.60 bits per heavy atom. The highest BCUT2D eigenvalue weighted by Crippen LogP contribution is 2.40. The van der Waals surface area contributed by atoms with Crippen molar-refractivity contribution in [3.63, 3.8) is 0 Å². The van der Waals surface area contributed by atoms with Crippen LogP contribution in [0.4, 0.5) is 11.6 Å². The Labute approximate surface area is 152 Å². The lowest BCUT2D eigenvalue weighted by Crippen LogP contribution is -2.35. The summed E-state index contributed by atoms with van der Waals surface area (Å²) in [6.07, 6.45) is 4.08. The summed E-state index contributed by atoms with van der Waals surface area (Å²) in [4.78, 5) is 18.7. The first-order chi connectivity index (χ1) is 12.4. The third-order valence-corrected chi connectivity index (χ3v) is 6.47. The molecule has 0 bridgehead atoms. The molecule has 5 heterocycles. The van der Waals surface area contributed by atoms with E-state index >= 15 is 0 Å². The van der Waals surface area contributed by atoms with Crippen LogP contribution in [0.5, 0.6) is 0 Å². The van der Waals surface area contributed by atoms with Gasteiger partial charge in [0.15, 0.2) is 11.6 Å². The van der Waals surface area contributed by atoms with Gasteiger partial charge in [-0.15, -0.1) is 11.3 Å². The minimum absolute atomic E-state index is 0.254. The minimum Gasteiger partial charge on any atom is -0.352 e. The molecular weight excluding hydrogens is 358 g/mol. The van der Waals surface area contributed by atoms with Gasteiger partial charge in [0, 0.05) is 42.7 Å². The predicted octanol–water partition coefficient (Wildman–Crippen LogP) is 2.36. The van der Waals surface area contributed by atoms with Crippen LogP contribution in [-0.4, -0.2) is 56.4 Å². The molecule has 1 atom stereocenters. The number of nitrogens with zero attached hydrogens (tertiary/aromatic N) is 7. The molecule has 3 aromatic rings. The number of aromatic nitrogens is 5. The van der Waals surface area contributed by atoms with Gasteiger partial charge < -0.3 is 9.80 Å². The van der Waals surface area contributed by atoms with E-state index < -0.39 is 0 Å². The third kappa shape index (κ3) is 2.73. The van der Waals surface area contributed by atoms with Crippen LogP contribution in [0.15, 0.2) is 16.2 Å². The second-order valence-corrected chi connectivity index (χ2v) is 8.25. The van der Waals surface area contributed by atoms with Crippen LogP contribution in [0, 0.1) is 0 Å².